The number of likely N-dealkylation sites (N-methyl/N-ethyl adjacent to an activating group) is 1. The molecule has 2 N–H and O–H groups in total. The van der Waals surface area contributed by atoms with Gasteiger partial charge in [-0.25, -0.2) is 8.42 Å². The van der Waals surface area contributed by atoms with Gasteiger partial charge < -0.3 is 28.7 Å². The SMILES string of the molecule is CCCCCCCCCCCCCCCCCC(=O)OC(C)CN(CC[N+](C)(CCO)CC(C)O)CC(C)OC(=O)CCCCCCCCCCCCCCCCC.COS(=O)(=O)[O-]. The van der Waals surface area contributed by atoms with Crippen LogP contribution in [-0.4, -0.2) is 123 Å². The van der Waals surface area contributed by atoms with Gasteiger partial charge in [0.05, 0.1) is 27.3 Å². The van der Waals surface area contributed by atoms with Crippen molar-refractivity contribution in [3.8, 4) is 0 Å². The standard InChI is InChI=1S/C50H101N2O6.CH4O4S/c1-7-9-11-13-15-17-19-21-23-25-27-29-31-33-35-37-49(55)57-47(4)43-51(39-40-52(6,41-42-53)45-46(3)54)44-48(5)58-50(56)38-36-34-32-30-28-26-24-22-20-18-16-14-12-10-8-2;1-5-6(2,3)4/h46-48,53-54H,7-45H2,1-6H3;1H3,(H,2,3,4)/q+1;/p-1. The number of hydrogen-bond donors (Lipinski definition) is 2. The summed E-state index contributed by atoms with van der Waals surface area (Å²) >= 11 is 0. The second-order valence-corrected chi connectivity index (χ2v) is 20.3. The summed E-state index contributed by atoms with van der Waals surface area (Å²) in [7, 11) is -1.55. The van der Waals surface area contributed by atoms with E-state index in [4.69, 9.17) is 9.47 Å². The Morgan fingerprint density at radius 2 is 0.844 bits per heavy atom. The number of aliphatic hydroxyl groups excluding tert-OH is 2. The van der Waals surface area contributed by atoms with Crippen LogP contribution >= 0.6 is 0 Å². The van der Waals surface area contributed by atoms with Crippen LogP contribution < -0.4 is 0 Å². The number of carbonyl (C=O) groups is 2. The fourth-order valence-electron chi connectivity index (χ4n) is 8.46. The Balaban J connectivity index is 0. The number of aliphatic hydroxyl groups is 2. The zero-order valence-electron chi connectivity index (χ0n) is 42.8. The molecule has 0 saturated heterocycles. The van der Waals surface area contributed by atoms with Crippen molar-refractivity contribution in [1.82, 2.24) is 4.90 Å². The summed E-state index contributed by atoms with van der Waals surface area (Å²) in [6.45, 7) is 13.8. The summed E-state index contributed by atoms with van der Waals surface area (Å²) in [4.78, 5) is 27.8. The monoisotopic (exact) mass is 937 g/mol. The molecule has 0 aromatic heterocycles. The van der Waals surface area contributed by atoms with Crippen LogP contribution in [0, 0.1) is 0 Å². The second kappa shape index (κ2) is 45.4. The molecule has 0 spiro atoms. The quantitative estimate of drug-likeness (QED) is 0.0196. The van der Waals surface area contributed by atoms with E-state index in [0.717, 1.165) is 32.8 Å². The van der Waals surface area contributed by atoms with Crippen molar-refractivity contribution in [2.24, 2.45) is 0 Å². The lowest BCUT2D eigenvalue weighted by Crippen LogP contribution is -2.54. The Kier molecular flexibility index (Phi) is 46.0. The average Bonchev–Trinajstić information content (AvgIpc) is 3.22. The van der Waals surface area contributed by atoms with Crippen LogP contribution in [0.2, 0.25) is 0 Å². The predicted octanol–water partition coefficient (Wildman–Crippen LogP) is 11.6. The van der Waals surface area contributed by atoms with Gasteiger partial charge in [-0.15, -0.1) is 0 Å². The first-order valence-corrected chi connectivity index (χ1v) is 27.7. The number of carbonyl (C=O) groups excluding carboxylic acids is 2. The van der Waals surface area contributed by atoms with Crippen molar-refractivity contribution in [3.63, 3.8) is 0 Å². The van der Waals surface area contributed by atoms with E-state index in [9.17, 15) is 32.8 Å². The Morgan fingerprint density at radius 1 is 0.562 bits per heavy atom. The molecule has 0 rings (SSSR count). The summed E-state index contributed by atoms with van der Waals surface area (Å²) in [6.07, 6.45) is 38.8. The smallest absolute Gasteiger partial charge is 0.306 e. The van der Waals surface area contributed by atoms with Gasteiger partial charge in [0, 0.05) is 32.5 Å². The fraction of sp³-hybridized carbons (Fsp3) is 0.961. The van der Waals surface area contributed by atoms with Crippen LogP contribution in [0.5, 0.6) is 0 Å². The highest BCUT2D eigenvalue weighted by molar-refractivity contribution is 7.80. The molecule has 0 aromatic rings. The number of hydrogen-bond acceptors (Lipinski definition) is 11. The molecule has 12 nitrogen and oxygen atoms in total. The molecule has 0 aliphatic heterocycles. The molecular formula is C51H104N2O10S. The van der Waals surface area contributed by atoms with Crippen molar-refractivity contribution in [3.05, 3.63) is 0 Å². The topological polar surface area (TPSA) is 163 Å². The van der Waals surface area contributed by atoms with Gasteiger partial charge in [0.1, 0.15) is 31.4 Å². The molecule has 0 fully saturated rings. The van der Waals surface area contributed by atoms with Crippen LogP contribution in [0.15, 0.2) is 0 Å². The molecule has 4 atom stereocenters. The summed E-state index contributed by atoms with van der Waals surface area (Å²) in [5, 5.41) is 19.9. The number of rotatable bonds is 46. The van der Waals surface area contributed by atoms with Crippen LogP contribution in [0.4, 0.5) is 0 Å². The molecule has 0 aliphatic carbocycles. The maximum atomic E-state index is 12.8. The van der Waals surface area contributed by atoms with E-state index >= 15 is 0 Å². The molecule has 64 heavy (non-hydrogen) atoms. The van der Waals surface area contributed by atoms with Crippen LogP contribution in [0.1, 0.15) is 240 Å². The molecule has 0 bridgehead atoms. The third kappa shape index (κ3) is 48.6. The highest BCUT2D eigenvalue weighted by Crippen LogP contribution is 2.17. The maximum absolute atomic E-state index is 12.8. The van der Waals surface area contributed by atoms with Crippen molar-refractivity contribution in [2.45, 2.75) is 258 Å². The number of ether oxygens (including phenoxy) is 2. The van der Waals surface area contributed by atoms with Gasteiger partial charge in [0.2, 0.25) is 10.4 Å². The number of nitrogens with zero attached hydrogens (tertiary/aromatic N) is 2. The Morgan fingerprint density at radius 3 is 1.09 bits per heavy atom. The van der Waals surface area contributed by atoms with E-state index in [1.165, 1.54) is 167 Å². The van der Waals surface area contributed by atoms with Gasteiger partial charge in [0.25, 0.3) is 0 Å². The highest BCUT2D eigenvalue weighted by atomic mass is 32.3. The third-order valence-corrected chi connectivity index (χ3v) is 12.6. The summed E-state index contributed by atoms with van der Waals surface area (Å²) in [6, 6.07) is 0. The molecule has 13 heteroatoms. The lowest BCUT2D eigenvalue weighted by atomic mass is 10.0. The summed E-state index contributed by atoms with van der Waals surface area (Å²) in [5.41, 5.74) is 0. The van der Waals surface area contributed by atoms with Gasteiger partial charge >= 0.3 is 11.9 Å². The van der Waals surface area contributed by atoms with Crippen molar-refractivity contribution in [2.75, 3.05) is 60.0 Å². The van der Waals surface area contributed by atoms with E-state index < -0.39 is 16.5 Å². The first-order valence-electron chi connectivity index (χ1n) is 26.4. The average molecular weight is 937 g/mol. The van der Waals surface area contributed by atoms with Gasteiger partial charge in [-0.3, -0.25) is 18.7 Å². The number of esters is 2. The highest BCUT2D eigenvalue weighted by Gasteiger charge is 2.26. The molecule has 0 radical (unpaired) electrons. The van der Waals surface area contributed by atoms with E-state index in [2.05, 4.69) is 30.0 Å². The van der Waals surface area contributed by atoms with Crippen molar-refractivity contribution in [1.29, 1.82) is 0 Å². The Bertz CT molecular complexity index is 1090. The first kappa shape index (κ1) is 64.7. The molecule has 4 unspecified atom stereocenters. The van der Waals surface area contributed by atoms with Crippen LogP contribution in [-0.2, 0) is 33.6 Å². The van der Waals surface area contributed by atoms with Crippen LogP contribution in [0.3, 0.4) is 0 Å². The summed E-state index contributed by atoms with van der Waals surface area (Å²) in [5.74, 6) is -0.278. The minimum atomic E-state index is -4.41. The van der Waals surface area contributed by atoms with Crippen LogP contribution in [0.25, 0.3) is 0 Å². The molecule has 0 aliphatic rings. The third-order valence-electron chi connectivity index (χ3n) is 12.2. The zero-order chi connectivity index (χ0) is 48.2. The largest absolute Gasteiger partial charge is 0.726 e. The molecular weight excluding hydrogens is 833 g/mol. The summed E-state index contributed by atoms with van der Waals surface area (Å²) < 4.78 is 43.3. The van der Waals surface area contributed by atoms with E-state index in [1.807, 2.05) is 13.8 Å². The van der Waals surface area contributed by atoms with Crippen molar-refractivity contribution < 1.29 is 50.9 Å². The van der Waals surface area contributed by atoms with Gasteiger partial charge in [-0.05, 0) is 33.6 Å². The van der Waals surface area contributed by atoms with Crippen molar-refractivity contribution >= 4 is 22.3 Å². The molecule has 384 valence electrons. The zero-order valence-corrected chi connectivity index (χ0v) is 43.6. The van der Waals surface area contributed by atoms with Gasteiger partial charge in [-0.1, -0.05) is 194 Å². The number of unbranched alkanes of at least 4 members (excludes halogenated alkanes) is 28. The molecule has 0 saturated carbocycles. The molecule has 0 amide bonds. The minimum Gasteiger partial charge on any atom is -0.726 e. The maximum Gasteiger partial charge on any atom is 0.306 e. The van der Waals surface area contributed by atoms with E-state index in [0.29, 0.717) is 56.6 Å². The predicted molar refractivity (Wildman–Crippen MR) is 263 cm³/mol. The molecule has 0 aromatic carbocycles. The van der Waals surface area contributed by atoms with Gasteiger partial charge in [-0.2, -0.15) is 0 Å². The van der Waals surface area contributed by atoms with E-state index in [-0.39, 0.29) is 30.8 Å². The lowest BCUT2D eigenvalue weighted by molar-refractivity contribution is -0.912. The van der Waals surface area contributed by atoms with Gasteiger partial charge in [0.15, 0.2) is 0 Å². The first-order chi connectivity index (χ1) is 30.6. The normalized spacial score (nSPS) is 14.1. The lowest BCUT2D eigenvalue weighted by Gasteiger charge is -2.37. The van der Waals surface area contributed by atoms with E-state index in [1.54, 1.807) is 6.92 Å². The second-order valence-electron chi connectivity index (χ2n) is 19.2. The minimum absolute atomic E-state index is 0.0455. The fourth-order valence-corrected chi connectivity index (χ4v) is 8.46. The molecule has 0 heterocycles. The Labute approximate surface area is 395 Å². The Hall–Kier alpha value is -1.35. The number of quaternary nitrogens is 1.